The van der Waals surface area contributed by atoms with Gasteiger partial charge in [-0.3, -0.25) is 4.79 Å². The number of carbonyl (C=O) groups excluding carboxylic acids is 2. The maximum Gasteiger partial charge on any atom is 0.410 e. The zero-order chi connectivity index (χ0) is 17.0. The highest BCUT2D eigenvalue weighted by molar-refractivity contribution is 5.93. The molecule has 6 heteroatoms. The van der Waals surface area contributed by atoms with E-state index in [2.05, 4.69) is 5.32 Å². The summed E-state index contributed by atoms with van der Waals surface area (Å²) >= 11 is 0. The topological polar surface area (TPSA) is 82.4 Å². The molecule has 0 atom stereocenters. The van der Waals surface area contributed by atoms with Crippen molar-refractivity contribution < 1.29 is 14.3 Å². The summed E-state index contributed by atoms with van der Waals surface area (Å²) in [7, 11) is 0. The first-order chi connectivity index (χ1) is 10.8. The van der Waals surface area contributed by atoms with Crippen LogP contribution in [0.15, 0.2) is 18.2 Å². The SMILES string of the molecule is CC(C)(C)OC(=O)N1CCc2cccc(NC(=O)CC#N)c2C1. The fourth-order valence-electron chi connectivity index (χ4n) is 2.45. The Hall–Kier alpha value is -2.55. The number of ether oxygens (including phenoxy) is 1. The summed E-state index contributed by atoms with van der Waals surface area (Å²) in [5.74, 6) is -0.352. The molecule has 1 aromatic rings. The van der Waals surface area contributed by atoms with Crippen LogP contribution in [0, 0.1) is 11.3 Å². The summed E-state index contributed by atoms with van der Waals surface area (Å²) in [6.07, 6.45) is 0.150. The molecule has 0 aliphatic carbocycles. The summed E-state index contributed by atoms with van der Waals surface area (Å²) in [4.78, 5) is 25.5. The largest absolute Gasteiger partial charge is 0.444 e. The van der Waals surface area contributed by atoms with E-state index in [4.69, 9.17) is 10.00 Å². The van der Waals surface area contributed by atoms with Crippen LogP contribution in [0.2, 0.25) is 0 Å². The number of carbonyl (C=O) groups is 2. The average Bonchev–Trinajstić information content (AvgIpc) is 2.45. The Balaban J connectivity index is 2.17. The number of benzene rings is 1. The summed E-state index contributed by atoms with van der Waals surface area (Å²) in [6, 6.07) is 7.46. The molecule has 0 aromatic heterocycles. The Kier molecular flexibility index (Phi) is 4.89. The molecule has 2 rings (SSSR count). The zero-order valence-corrected chi connectivity index (χ0v) is 13.7. The van der Waals surface area contributed by atoms with Crippen LogP contribution in [0.5, 0.6) is 0 Å². The molecule has 1 aromatic carbocycles. The number of rotatable bonds is 2. The molecule has 0 saturated carbocycles. The van der Waals surface area contributed by atoms with Gasteiger partial charge < -0.3 is 15.0 Å². The number of anilines is 1. The Morgan fingerprint density at radius 3 is 2.78 bits per heavy atom. The molecule has 0 spiro atoms. The van der Waals surface area contributed by atoms with Gasteiger partial charge in [0, 0.05) is 12.2 Å². The molecule has 1 aliphatic rings. The molecule has 23 heavy (non-hydrogen) atoms. The van der Waals surface area contributed by atoms with Crippen molar-refractivity contribution in [2.45, 2.75) is 45.8 Å². The van der Waals surface area contributed by atoms with Crippen LogP contribution in [0.3, 0.4) is 0 Å². The molecule has 2 amide bonds. The van der Waals surface area contributed by atoms with E-state index < -0.39 is 5.60 Å². The smallest absolute Gasteiger partial charge is 0.410 e. The lowest BCUT2D eigenvalue weighted by Gasteiger charge is -2.32. The van der Waals surface area contributed by atoms with E-state index in [-0.39, 0.29) is 18.4 Å². The van der Waals surface area contributed by atoms with Crippen molar-refractivity contribution in [3.63, 3.8) is 0 Å². The van der Waals surface area contributed by atoms with Gasteiger partial charge in [-0.2, -0.15) is 5.26 Å². The standard InChI is InChI=1S/C17H21N3O3/c1-17(2,3)23-16(22)20-10-8-12-5-4-6-14(13(12)11-20)19-15(21)7-9-18/h4-6H,7-8,10-11H2,1-3H3,(H,19,21). The van der Waals surface area contributed by atoms with Crippen molar-refractivity contribution >= 4 is 17.7 Å². The first-order valence-corrected chi connectivity index (χ1v) is 7.55. The van der Waals surface area contributed by atoms with Gasteiger partial charge in [0.2, 0.25) is 5.91 Å². The minimum atomic E-state index is -0.544. The van der Waals surface area contributed by atoms with Crippen molar-refractivity contribution in [2.24, 2.45) is 0 Å². The van der Waals surface area contributed by atoms with Gasteiger partial charge in [-0.1, -0.05) is 12.1 Å². The number of nitrogens with zero attached hydrogens (tertiary/aromatic N) is 2. The normalized spacial score (nSPS) is 13.7. The Morgan fingerprint density at radius 2 is 2.13 bits per heavy atom. The molecule has 0 radical (unpaired) electrons. The highest BCUT2D eigenvalue weighted by Crippen LogP contribution is 2.27. The predicted octanol–water partition coefficient (Wildman–Crippen LogP) is 2.83. The molecule has 0 unspecified atom stereocenters. The summed E-state index contributed by atoms with van der Waals surface area (Å²) in [6.45, 7) is 6.45. The molecular formula is C17H21N3O3. The van der Waals surface area contributed by atoms with E-state index in [0.717, 1.165) is 11.1 Å². The van der Waals surface area contributed by atoms with Crippen LogP contribution in [0.25, 0.3) is 0 Å². The molecular weight excluding hydrogens is 294 g/mol. The lowest BCUT2D eigenvalue weighted by molar-refractivity contribution is -0.115. The fraction of sp³-hybridized carbons (Fsp3) is 0.471. The third-order valence-corrected chi connectivity index (χ3v) is 3.44. The maximum atomic E-state index is 12.2. The number of amides is 2. The molecule has 0 bridgehead atoms. The van der Waals surface area contributed by atoms with Gasteiger partial charge in [-0.05, 0) is 44.4 Å². The van der Waals surface area contributed by atoms with Crippen LogP contribution < -0.4 is 5.32 Å². The molecule has 6 nitrogen and oxygen atoms in total. The van der Waals surface area contributed by atoms with Gasteiger partial charge in [0.05, 0.1) is 12.6 Å². The van der Waals surface area contributed by atoms with Crippen molar-refractivity contribution in [1.82, 2.24) is 4.90 Å². The van der Waals surface area contributed by atoms with Crippen molar-refractivity contribution in [3.05, 3.63) is 29.3 Å². The molecule has 122 valence electrons. The molecule has 1 heterocycles. The summed E-state index contributed by atoms with van der Waals surface area (Å²) in [5.41, 5.74) is 2.10. The number of hydrogen-bond acceptors (Lipinski definition) is 4. The third kappa shape index (κ3) is 4.46. The van der Waals surface area contributed by atoms with E-state index in [9.17, 15) is 9.59 Å². The second-order valence-corrected chi connectivity index (χ2v) is 6.48. The van der Waals surface area contributed by atoms with Crippen LogP contribution in [0.4, 0.5) is 10.5 Å². The molecule has 0 fully saturated rings. The van der Waals surface area contributed by atoms with Crippen LogP contribution in [0.1, 0.15) is 38.3 Å². The number of nitriles is 1. The predicted molar refractivity (Wildman–Crippen MR) is 85.6 cm³/mol. The second-order valence-electron chi connectivity index (χ2n) is 6.48. The number of fused-ring (bicyclic) bond motifs is 1. The van der Waals surface area contributed by atoms with Gasteiger partial charge in [-0.25, -0.2) is 4.79 Å². The van der Waals surface area contributed by atoms with Crippen LogP contribution in [-0.2, 0) is 22.5 Å². The lowest BCUT2D eigenvalue weighted by atomic mass is 9.98. The van der Waals surface area contributed by atoms with Crippen molar-refractivity contribution in [3.8, 4) is 6.07 Å². The zero-order valence-electron chi connectivity index (χ0n) is 13.7. The van der Waals surface area contributed by atoms with Crippen LogP contribution >= 0.6 is 0 Å². The maximum absolute atomic E-state index is 12.2. The third-order valence-electron chi connectivity index (χ3n) is 3.44. The fourth-order valence-corrected chi connectivity index (χ4v) is 2.45. The highest BCUT2D eigenvalue weighted by atomic mass is 16.6. The van der Waals surface area contributed by atoms with E-state index in [1.807, 2.05) is 39.0 Å². The van der Waals surface area contributed by atoms with E-state index in [1.54, 1.807) is 11.0 Å². The lowest BCUT2D eigenvalue weighted by Crippen LogP contribution is -2.40. The molecule has 0 saturated heterocycles. The first-order valence-electron chi connectivity index (χ1n) is 7.55. The Bertz CT molecular complexity index is 656. The Morgan fingerprint density at radius 1 is 1.39 bits per heavy atom. The number of hydrogen-bond donors (Lipinski definition) is 1. The highest BCUT2D eigenvalue weighted by Gasteiger charge is 2.27. The van der Waals surface area contributed by atoms with Gasteiger partial charge in [0.25, 0.3) is 0 Å². The first kappa shape index (κ1) is 16.8. The molecule has 1 N–H and O–H groups in total. The molecule has 1 aliphatic heterocycles. The quantitative estimate of drug-likeness (QED) is 0.909. The minimum absolute atomic E-state index is 0.195. The Labute approximate surface area is 136 Å². The van der Waals surface area contributed by atoms with Gasteiger partial charge in [0.15, 0.2) is 0 Å². The summed E-state index contributed by atoms with van der Waals surface area (Å²) < 4.78 is 5.41. The van der Waals surface area contributed by atoms with E-state index >= 15 is 0 Å². The van der Waals surface area contributed by atoms with E-state index in [0.29, 0.717) is 25.2 Å². The van der Waals surface area contributed by atoms with Crippen LogP contribution in [-0.4, -0.2) is 29.0 Å². The van der Waals surface area contributed by atoms with Crippen molar-refractivity contribution in [1.29, 1.82) is 5.26 Å². The van der Waals surface area contributed by atoms with Gasteiger partial charge in [-0.15, -0.1) is 0 Å². The van der Waals surface area contributed by atoms with Gasteiger partial charge >= 0.3 is 6.09 Å². The average molecular weight is 315 g/mol. The monoisotopic (exact) mass is 315 g/mol. The minimum Gasteiger partial charge on any atom is -0.444 e. The number of nitrogens with one attached hydrogen (secondary N) is 1. The van der Waals surface area contributed by atoms with E-state index in [1.165, 1.54) is 0 Å². The van der Waals surface area contributed by atoms with Gasteiger partial charge in [0.1, 0.15) is 12.0 Å². The van der Waals surface area contributed by atoms with Crippen molar-refractivity contribution in [2.75, 3.05) is 11.9 Å². The summed E-state index contributed by atoms with van der Waals surface area (Å²) in [5, 5.41) is 11.3. The second kappa shape index (κ2) is 6.69.